The molecule has 9 atom stereocenters. The fourth-order valence-electron chi connectivity index (χ4n) is 8.60. The lowest BCUT2D eigenvalue weighted by Gasteiger charge is -2.43. The van der Waals surface area contributed by atoms with Crippen LogP contribution in [-0.4, -0.2) is 184 Å². The van der Waals surface area contributed by atoms with Crippen molar-refractivity contribution in [3.63, 3.8) is 0 Å². The van der Waals surface area contributed by atoms with Gasteiger partial charge < -0.3 is 69.4 Å². The van der Waals surface area contributed by atoms with E-state index >= 15 is 0 Å². The van der Waals surface area contributed by atoms with Gasteiger partial charge in [-0.25, -0.2) is 4.99 Å². The van der Waals surface area contributed by atoms with Crippen molar-refractivity contribution in [2.75, 3.05) is 71.5 Å². The van der Waals surface area contributed by atoms with Crippen molar-refractivity contribution in [2.45, 2.75) is 55.0 Å². The molecule has 4 fully saturated rings. The van der Waals surface area contributed by atoms with Crippen LogP contribution < -0.4 is 10.4 Å². The summed E-state index contributed by atoms with van der Waals surface area (Å²) in [6.07, 6.45) is -9.89. The minimum absolute atomic E-state index is 0.00850. The number of nitrogens with zero attached hydrogens (tertiary/aromatic N) is 4. The van der Waals surface area contributed by atoms with Crippen LogP contribution in [0.4, 0.5) is 11.4 Å². The number of hydrogen-bond acceptors (Lipinski definition) is 15. The molecule has 18 heteroatoms. The molecular formula is C42H52BN5O12. The summed E-state index contributed by atoms with van der Waals surface area (Å²) in [5.41, 5.74) is 4.53. The predicted octanol–water partition coefficient (Wildman–Crippen LogP) is -0.637. The number of piperazine rings is 1. The number of amides is 1. The fourth-order valence-corrected chi connectivity index (χ4v) is 8.60. The first-order chi connectivity index (χ1) is 28.9. The molecule has 0 saturated carbocycles. The van der Waals surface area contributed by atoms with E-state index in [4.69, 9.17) is 23.9 Å². The van der Waals surface area contributed by atoms with Crippen LogP contribution in [0.25, 0.3) is 10.9 Å². The Labute approximate surface area is 347 Å². The van der Waals surface area contributed by atoms with E-state index in [0.717, 1.165) is 42.9 Å². The van der Waals surface area contributed by atoms with Crippen molar-refractivity contribution < 1.29 is 59.4 Å². The number of fused-ring (bicyclic) bond motifs is 2. The molecule has 0 bridgehead atoms. The molecule has 4 saturated heterocycles. The quantitative estimate of drug-likeness (QED) is 0.0695. The molecule has 17 nitrogen and oxygen atoms in total. The van der Waals surface area contributed by atoms with Gasteiger partial charge in [0.2, 0.25) is 11.7 Å². The van der Waals surface area contributed by atoms with Crippen molar-refractivity contribution >= 4 is 46.3 Å². The zero-order valence-corrected chi connectivity index (χ0v) is 33.4. The van der Waals surface area contributed by atoms with Crippen LogP contribution in [-0.2, 0) is 23.7 Å². The number of aliphatic hydroxyl groups excluding tert-OH is 6. The minimum atomic E-state index is -2.06. The number of carbonyl (C=O) groups excluding carboxylic acids is 1. The van der Waals surface area contributed by atoms with Crippen LogP contribution in [0.15, 0.2) is 77.8 Å². The zero-order valence-electron chi connectivity index (χ0n) is 33.4. The molecule has 5 heterocycles. The van der Waals surface area contributed by atoms with Crippen LogP contribution in [0.2, 0.25) is 6.32 Å². The number of likely N-dealkylation sites (N-methyl/N-ethyl adjacent to an activating group) is 2. The highest BCUT2D eigenvalue weighted by Gasteiger charge is 2.60. The second kappa shape index (κ2) is 17.6. The average Bonchev–Trinajstić information content (AvgIpc) is 3.75. The van der Waals surface area contributed by atoms with Crippen molar-refractivity contribution in [3.8, 4) is 5.88 Å². The summed E-state index contributed by atoms with van der Waals surface area (Å²) in [5, 5.41) is 74.8. The number of H-pyrrole nitrogens is 1. The monoisotopic (exact) mass is 829 g/mol. The number of nitrogens with one attached hydrogen (secondary N) is 1. The summed E-state index contributed by atoms with van der Waals surface area (Å²) < 4.78 is 23.6. The smallest absolute Gasteiger partial charge is 0.327 e. The first-order valence-electron chi connectivity index (χ1n) is 20.2. The third-order valence-corrected chi connectivity index (χ3v) is 12.3. The number of anilines is 1. The molecule has 4 aromatic rings. The number of aliphatic hydroxyl groups is 6. The normalized spacial score (nSPS) is 30.5. The van der Waals surface area contributed by atoms with Gasteiger partial charge in [-0.1, -0.05) is 42.5 Å². The van der Waals surface area contributed by atoms with E-state index in [1.807, 2.05) is 72.8 Å². The van der Waals surface area contributed by atoms with E-state index in [2.05, 4.69) is 21.8 Å². The standard InChI is InChI=1S/C42H52BN5O12/c1-46-14-16-48(17-15-46)20-33(51)47(2)27-11-9-26(10-12-27)44-35(24-6-4-3-5-7-24)34-28-13-8-25(18-30(28)45-40(34)56)43-19-29-32(22-57-43)59-42(23-50,39(29)55)60-41-38(54)37(53)36(52)31(21-49)58-41/h3-13,18,29,31-32,36-39,41,45,49-50,52-56H,14-17,19-23H2,1-2H3/t29?,31?,32-,36-,37?,38-,39+,41-,42+/m1/s1. The van der Waals surface area contributed by atoms with E-state index in [-0.39, 0.29) is 24.7 Å². The predicted molar refractivity (Wildman–Crippen MR) is 221 cm³/mol. The van der Waals surface area contributed by atoms with Gasteiger partial charge in [0, 0.05) is 61.3 Å². The Balaban J connectivity index is 1.01. The SMILES string of the molecule is CN1CCN(CC(=O)N(C)c2ccc(N=C(c3ccccc3)c3c(O)[nH]c4cc(B5CC6[C@@H](CO5)O[C@@](CO)(O[C@H]5OC(CO)[C@@H](O)C(O)[C@H]5O)[C@H]6O)ccc34)cc2)CC1. The van der Waals surface area contributed by atoms with Crippen LogP contribution in [0.5, 0.6) is 5.88 Å². The maximum absolute atomic E-state index is 13.1. The average molecular weight is 830 g/mol. The number of hydrogen-bond donors (Lipinski definition) is 8. The molecule has 8 rings (SSSR count). The molecule has 1 aromatic heterocycles. The number of aromatic hydroxyl groups is 1. The highest BCUT2D eigenvalue weighted by Crippen LogP contribution is 2.43. The van der Waals surface area contributed by atoms with Crippen LogP contribution >= 0.6 is 0 Å². The Bertz CT molecular complexity index is 2150. The van der Waals surface area contributed by atoms with E-state index in [1.165, 1.54) is 0 Å². The van der Waals surface area contributed by atoms with Gasteiger partial charge >= 0.3 is 6.92 Å². The number of carbonyl (C=O) groups is 1. The number of aliphatic imine (C=N–C) groups is 1. The van der Waals surface area contributed by atoms with Crippen LogP contribution in [0.1, 0.15) is 11.1 Å². The summed E-state index contributed by atoms with van der Waals surface area (Å²) in [5.74, 6) is -2.73. The van der Waals surface area contributed by atoms with E-state index < -0.39 is 74.7 Å². The number of ether oxygens (including phenoxy) is 3. The molecule has 3 aromatic carbocycles. The second-order valence-corrected chi connectivity index (χ2v) is 16.1. The van der Waals surface area contributed by atoms with E-state index in [1.54, 1.807) is 11.9 Å². The molecule has 0 spiro atoms. The molecule has 8 N–H and O–H groups in total. The first kappa shape index (κ1) is 42.4. The van der Waals surface area contributed by atoms with E-state index in [9.17, 15) is 40.5 Å². The molecule has 4 aliphatic heterocycles. The highest BCUT2D eigenvalue weighted by molar-refractivity contribution is 6.67. The number of rotatable bonds is 11. The summed E-state index contributed by atoms with van der Waals surface area (Å²) in [4.78, 5) is 27.4. The maximum Gasteiger partial charge on any atom is 0.327 e. The molecule has 320 valence electrons. The molecule has 0 radical (unpaired) electrons. The first-order valence-corrected chi connectivity index (χ1v) is 20.2. The minimum Gasteiger partial charge on any atom is -0.494 e. The molecule has 1 amide bonds. The maximum atomic E-state index is 13.1. The van der Waals surface area contributed by atoms with Crippen LogP contribution in [0, 0.1) is 5.92 Å². The van der Waals surface area contributed by atoms with Gasteiger partial charge in [-0.2, -0.15) is 0 Å². The van der Waals surface area contributed by atoms with Gasteiger partial charge in [0.15, 0.2) is 12.2 Å². The lowest BCUT2D eigenvalue weighted by molar-refractivity contribution is -0.383. The third-order valence-electron chi connectivity index (χ3n) is 12.3. The Kier molecular flexibility index (Phi) is 12.4. The lowest BCUT2D eigenvalue weighted by atomic mass is 9.52. The fraction of sp³-hybridized carbons (Fsp3) is 0.476. The Morgan fingerprint density at radius 2 is 1.72 bits per heavy atom. The summed E-state index contributed by atoms with van der Waals surface area (Å²) in [6, 6.07) is 22.5. The molecule has 4 aliphatic rings. The van der Waals surface area contributed by atoms with Crippen molar-refractivity contribution in [1.82, 2.24) is 14.8 Å². The second-order valence-electron chi connectivity index (χ2n) is 16.1. The Morgan fingerprint density at radius 1 is 0.983 bits per heavy atom. The van der Waals surface area contributed by atoms with Crippen molar-refractivity contribution in [2.24, 2.45) is 10.9 Å². The molecule has 3 unspecified atom stereocenters. The van der Waals surface area contributed by atoms with E-state index in [0.29, 0.717) is 34.4 Å². The number of aromatic nitrogens is 1. The molecule has 0 aliphatic carbocycles. The van der Waals surface area contributed by atoms with Crippen molar-refractivity contribution in [1.29, 1.82) is 0 Å². The third kappa shape index (κ3) is 8.23. The van der Waals surface area contributed by atoms with Gasteiger partial charge in [-0.15, -0.1) is 0 Å². The van der Waals surface area contributed by atoms with Crippen LogP contribution in [0.3, 0.4) is 0 Å². The van der Waals surface area contributed by atoms with Gasteiger partial charge in [0.05, 0.1) is 42.8 Å². The largest absolute Gasteiger partial charge is 0.494 e. The topological polar surface area (TPSA) is 233 Å². The van der Waals surface area contributed by atoms with Gasteiger partial charge in [-0.3, -0.25) is 9.69 Å². The highest BCUT2D eigenvalue weighted by atomic mass is 16.8. The summed E-state index contributed by atoms with van der Waals surface area (Å²) >= 11 is 0. The number of aromatic amines is 1. The summed E-state index contributed by atoms with van der Waals surface area (Å²) in [6.45, 7) is 1.90. The lowest BCUT2D eigenvalue weighted by Crippen LogP contribution is -2.62. The number of benzene rings is 3. The molecular weight excluding hydrogens is 777 g/mol. The summed E-state index contributed by atoms with van der Waals surface area (Å²) in [7, 11) is 3.86. The Morgan fingerprint density at radius 3 is 2.42 bits per heavy atom. The zero-order chi connectivity index (χ0) is 42.3. The van der Waals surface area contributed by atoms with Crippen molar-refractivity contribution in [3.05, 3.63) is 83.9 Å². The van der Waals surface area contributed by atoms with Gasteiger partial charge in [0.1, 0.15) is 37.1 Å². The Hall–Kier alpha value is -4.28. The molecule has 60 heavy (non-hydrogen) atoms. The van der Waals surface area contributed by atoms with Gasteiger partial charge in [-0.05, 0) is 49.2 Å². The van der Waals surface area contributed by atoms with Gasteiger partial charge in [0.25, 0.3) is 0 Å².